The lowest BCUT2D eigenvalue weighted by atomic mass is 10.4. The Morgan fingerprint density at radius 1 is 1.56 bits per heavy atom. The second-order valence-corrected chi connectivity index (χ2v) is 4.30. The van der Waals surface area contributed by atoms with Crippen molar-refractivity contribution >= 4 is 17.7 Å². The summed E-state index contributed by atoms with van der Waals surface area (Å²) in [6.45, 7) is 4.13. The minimum absolute atomic E-state index is 0.0742. The van der Waals surface area contributed by atoms with E-state index in [1.807, 2.05) is 13.8 Å². The average molecular weight is 254 g/mol. The summed E-state index contributed by atoms with van der Waals surface area (Å²) in [6, 6.07) is -0.125. The van der Waals surface area contributed by atoms with Crippen molar-refractivity contribution in [3.05, 3.63) is 12.4 Å². The molecule has 0 unspecified atom stereocenters. The van der Waals surface area contributed by atoms with Crippen molar-refractivity contribution in [3.63, 3.8) is 0 Å². The maximum atomic E-state index is 11.7. The third-order valence-corrected chi connectivity index (χ3v) is 2.39. The van der Waals surface area contributed by atoms with Gasteiger partial charge in [-0.2, -0.15) is 5.10 Å². The van der Waals surface area contributed by atoms with E-state index in [0.29, 0.717) is 5.69 Å². The van der Waals surface area contributed by atoms with Crippen molar-refractivity contribution in [2.75, 3.05) is 18.9 Å². The Labute approximate surface area is 105 Å². The fourth-order valence-corrected chi connectivity index (χ4v) is 1.27. The molecule has 1 heterocycles. The van der Waals surface area contributed by atoms with Gasteiger partial charge in [0.05, 0.1) is 18.3 Å². The summed E-state index contributed by atoms with van der Waals surface area (Å²) in [7, 11) is 1.55. The van der Waals surface area contributed by atoms with Crippen molar-refractivity contribution < 1.29 is 14.7 Å². The first-order valence-electron chi connectivity index (χ1n) is 5.68. The van der Waals surface area contributed by atoms with E-state index < -0.39 is 5.97 Å². The molecule has 2 N–H and O–H groups in total. The van der Waals surface area contributed by atoms with Gasteiger partial charge in [-0.15, -0.1) is 0 Å². The third-order valence-electron chi connectivity index (χ3n) is 2.39. The minimum atomic E-state index is -0.928. The Morgan fingerprint density at radius 3 is 2.72 bits per heavy atom. The Kier molecular flexibility index (Phi) is 4.70. The van der Waals surface area contributed by atoms with Gasteiger partial charge < -0.3 is 15.3 Å². The minimum Gasteiger partial charge on any atom is -0.481 e. The van der Waals surface area contributed by atoms with Gasteiger partial charge in [0.25, 0.3) is 0 Å². The highest BCUT2D eigenvalue weighted by molar-refractivity contribution is 5.89. The predicted octanol–water partition coefficient (Wildman–Crippen LogP) is 1.40. The van der Waals surface area contributed by atoms with Crippen molar-refractivity contribution in [2.24, 2.45) is 0 Å². The highest BCUT2D eigenvalue weighted by atomic mass is 16.4. The number of aromatic nitrogens is 2. The number of carbonyl (C=O) groups is 2. The number of urea groups is 1. The Morgan fingerprint density at radius 2 is 2.22 bits per heavy atom. The van der Waals surface area contributed by atoms with Crippen molar-refractivity contribution in [2.45, 2.75) is 26.3 Å². The third kappa shape index (κ3) is 4.08. The van der Waals surface area contributed by atoms with Crippen molar-refractivity contribution in [1.29, 1.82) is 0 Å². The van der Waals surface area contributed by atoms with E-state index in [0.717, 1.165) is 0 Å². The molecule has 7 nitrogen and oxygen atoms in total. The van der Waals surface area contributed by atoms with Crippen LogP contribution in [-0.4, -0.2) is 45.4 Å². The molecule has 1 aromatic heterocycles. The summed E-state index contributed by atoms with van der Waals surface area (Å²) in [6.07, 6.45) is 3.21. The fourth-order valence-electron chi connectivity index (χ4n) is 1.27. The lowest BCUT2D eigenvalue weighted by Gasteiger charge is -2.15. The lowest BCUT2D eigenvalue weighted by Crippen LogP contribution is -2.32. The molecule has 0 radical (unpaired) electrons. The summed E-state index contributed by atoms with van der Waals surface area (Å²) < 4.78 is 1.73. The van der Waals surface area contributed by atoms with Crippen molar-refractivity contribution in [3.8, 4) is 0 Å². The summed E-state index contributed by atoms with van der Waals surface area (Å²) >= 11 is 0. The van der Waals surface area contributed by atoms with Crippen LogP contribution in [0, 0.1) is 0 Å². The largest absolute Gasteiger partial charge is 0.481 e. The first-order chi connectivity index (χ1) is 8.40. The molecule has 1 aromatic rings. The molecule has 0 aliphatic heterocycles. The maximum Gasteiger partial charge on any atom is 0.321 e. The highest BCUT2D eigenvalue weighted by Crippen LogP contribution is 2.10. The molecule has 0 saturated heterocycles. The average Bonchev–Trinajstić information content (AvgIpc) is 2.74. The van der Waals surface area contributed by atoms with Gasteiger partial charge in [-0.25, -0.2) is 4.79 Å². The number of carbonyl (C=O) groups excluding carboxylic acids is 1. The van der Waals surface area contributed by atoms with Gasteiger partial charge >= 0.3 is 12.0 Å². The zero-order valence-electron chi connectivity index (χ0n) is 10.8. The number of rotatable bonds is 5. The quantitative estimate of drug-likeness (QED) is 0.831. The molecule has 0 saturated carbocycles. The molecule has 100 valence electrons. The van der Waals surface area contributed by atoms with Crippen LogP contribution < -0.4 is 5.32 Å². The van der Waals surface area contributed by atoms with Crippen LogP contribution in [0.25, 0.3) is 0 Å². The number of carboxylic acids is 1. The number of anilines is 1. The molecule has 7 heteroatoms. The molecule has 1 rings (SSSR count). The summed E-state index contributed by atoms with van der Waals surface area (Å²) in [5.41, 5.74) is 0.593. The van der Waals surface area contributed by atoms with Gasteiger partial charge in [-0.3, -0.25) is 9.48 Å². The van der Waals surface area contributed by atoms with E-state index >= 15 is 0 Å². The Bertz CT molecular complexity index is 428. The van der Waals surface area contributed by atoms with Gasteiger partial charge in [-0.1, -0.05) is 0 Å². The van der Waals surface area contributed by atoms with E-state index in [2.05, 4.69) is 10.4 Å². The summed E-state index contributed by atoms with van der Waals surface area (Å²) in [5.74, 6) is -0.928. The molecule has 2 amide bonds. The highest BCUT2D eigenvalue weighted by Gasteiger charge is 2.11. The molecular weight excluding hydrogens is 236 g/mol. The van der Waals surface area contributed by atoms with Crippen LogP contribution in [0.4, 0.5) is 10.5 Å². The zero-order chi connectivity index (χ0) is 13.7. The van der Waals surface area contributed by atoms with E-state index in [1.54, 1.807) is 24.1 Å². The van der Waals surface area contributed by atoms with Crippen LogP contribution in [0.5, 0.6) is 0 Å². The molecule has 0 spiro atoms. The van der Waals surface area contributed by atoms with Crippen LogP contribution in [0.15, 0.2) is 12.4 Å². The smallest absolute Gasteiger partial charge is 0.321 e. The van der Waals surface area contributed by atoms with Gasteiger partial charge in [-0.05, 0) is 13.8 Å². The molecule has 0 aliphatic rings. The predicted molar refractivity (Wildman–Crippen MR) is 66.5 cm³/mol. The summed E-state index contributed by atoms with van der Waals surface area (Å²) in [4.78, 5) is 23.4. The van der Waals surface area contributed by atoms with Gasteiger partial charge in [0.2, 0.25) is 0 Å². The second kappa shape index (κ2) is 6.04. The second-order valence-electron chi connectivity index (χ2n) is 4.30. The molecule has 0 atom stereocenters. The number of hydrogen-bond acceptors (Lipinski definition) is 3. The number of carboxylic acid groups (broad SMARTS) is 1. The lowest BCUT2D eigenvalue weighted by molar-refractivity contribution is -0.137. The number of nitrogens with zero attached hydrogens (tertiary/aromatic N) is 3. The Hall–Kier alpha value is -2.05. The molecule has 18 heavy (non-hydrogen) atoms. The van der Waals surface area contributed by atoms with Crippen LogP contribution in [0.3, 0.4) is 0 Å². The number of hydrogen-bond donors (Lipinski definition) is 2. The van der Waals surface area contributed by atoms with Crippen molar-refractivity contribution in [1.82, 2.24) is 14.7 Å². The number of aliphatic carboxylic acids is 1. The maximum absolute atomic E-state index is 11.7. The van der Waals surface area contributed by atoms with E-state index in [-0.39, 0.29) is 25.0 Å². The monoisotopic (exact) mass is 254 g/mol. The normalized spacial score (nSPS) is 10.4. The number of nitrogens with one attached hydrogen (secondary N) is 1. The van der Waals surface area contributed by atoms with Crippen LogP contribution >= 0.6 is 0 Å². The van der Waals surface area contributed by atoms with Gasteiger partial charge in [0.15, 0.2) is 0 Å². The molecular formula is C11H18N4O3. The molecule has 0 fully saturated rings. The van der Waals surface area contributed by atoms with Gasteiger partial charge in [0.1, 0.15) is 0 Å². The fraction of sp³-hybridized carbons (Fsp3) is 0.545. The zero-order valence-corrected chi connectivity index (χ0v) is 10.8. The summed E-state index contributed by atoms with van der Waals surface area (Å²) in [5, 5.41) is 15.3. The molecule has 0 aromatic carbocycles. The number of amides is 2. The van der Waals surface area contributed by atoms with Crippen LogP contribution in [0.1, 0.15) is 26.3 Å². The topological polar surface area (TPSA) is 87.5 Å². The first kappa shape index (κ1) is 14.0. The van der Waals surface area contributed by atoms with Crippen LogP contribution in [-0.2, 0) is 4.79 Å². The standard InChI is InChI=1S/C11H18N4O3/c1-8(2)15-7-9(6-12-15)13-11(18)14(3)5-4-10(16)17/h6-8H,4-5H2,1-3H3,(H,13,18)(H,16,17). The first-order valence-corrected chi connectivity index (χ1v) is 5.68. The van der Waals surface area contributed by atoms with Crippen LogP contribution in [0.2, 0.25) is 0 Å². The van der Waals surface area contributed by atoms with E-state index in [9.17, 15) is 9.59 Å². The Balaban J connectivity index is 2.50. The SMILES string of the molecule is CC(C)n1cc(NC(=O)N(C)CCC(=O)O)cn1. The molecule has 0 aliphatic carbocycles. The van der Waals surface area contributed by atoms with Gasteiger partial charge in [0, 0.05) is 25.8 Å². The van der Waals surface area contributed by atoms with E-state index in [4.69, 9.17) is 5.11 Å². The van der Waals surface area contributed by atoms with E-state index in [1.165, 1.54) is 4.90 Å². The molecule has 0 bridgehead atoms.